The van der Waals surface area contributed by atoms with Gasteiger partial charge in [0.1, 0.15) is 5.01 Å². The maximum absolute atomic E-state index is 13.1. The molecule has 2 aromatic rings. The van der Waals surface area contributed by atoms with Crippen LogP contribution in [0.2, 0.25) is 0 Å². The van der Waals surface area contributed by atoms with Crippen molar-refractivity contribution < 1.29 is 13.6 Å². The van der Waals surface area contributed by atoms with E-state index < -0.39 is 5.82 Å². The summed E-state index contributed by atoms with van der Waals surface area (Å²) in [6, 6.07) is 3.62. The van der Waals surface area contributed by atoms with Crippen LogP contribution >= 0.6 is 11.3 Å². The Hall–Kier alpha value is -3.21. The van der Waals surface area contributed by atoms with Crippen molar-refractivity contribution in [2.75, 3.05) is 10.6 Å². The van der Waals surface area contributed by atoms with E-state index >= 15 is 0 Å². The van der Waals surface area contributed by atoms with E-state index in [9.17, 15) is 13.6 Å². The number of anilines is 2. The molecule has 0 aliphatic carbocycles. The number of allylic oxidation sites excluding steroid dienone is 4. The highest BCUT2D eigenvalue weighted by atomic mass is 32.1. The van der Waals surface area contributed by atoms with E-state index in [1.165, 1.54) is 24.3 Å². The Kier molecular flexibility index (Phi) is 11.1. The minimum absolute atomic E-state index is 0.116. The normalized spacial score (nSPS) is 12.4. The van der Waals surface area contributed by atoms with Crippen molar-refractivity contribution in [1.82, 2.24) is 20.4 Å². The summed E-state index contributed by atoms with van der Waals surface area (Å²) in [5.41, 5.74) is 2.61. The van der Waals surface area contributed by atoms with Crippen molar-refractivity contribution in [3.05, 3.63) is 70.6 Å². The van der Waals surface area contributed by atoms with Gasteiger partial charge in [0.05, 0.1) is 5.69 Å². The van der Waals surface area contributed by atoms with Crippen LogP contribution in [0.3, 0.4) is 0 Å². The first-order valence-electron chi connectivity index (χ1n) is 11.5. The van der Waals surface area contributed by atoms with Gasteiger partial charge in [-0.2, -0.15) is 5.10 Å². The molecule has 0 aliphatic heterocycles. The lowest BCUT2D eigenvalue weighted by Crippen LogP contribution is -2.17. The topological polar surface area (TPSA) is 92.7 Å². The molecule has 0 saturated heterocycles. The van der Waals surface area contributed by atoms with Gasteiger partial charge in [-0.05, 0) is 63.3 Å². The molecule has 1 amide bonds. The van der Waals surface area contributed by atoms with E-state index in [-0.39, 0.29) is 17.9 Å². The molecule has 0 aliphatic rings. The number of amides is 1. The number of nitrogens with zero attached hydrogens (tertiary/aromatic N) is 4. The number of rotatable bonds is 14. The van der Waals surface area contributed by atoms with E-state index in [0.29, 0.717) is 28.6 Å². The third-order valence-corrected chi connectivity index (χ3v) is 6.03. The van der Waals surface area contributed by atoms with Gasteiger partial charge in [0.25, 0.3) is 0 Å². The summed E-state index contributed by atoms with van der Waals surface area (Å²) in [5.74, 6) is -3.05. The van der Waals surface area contributed by atoms with Gasteiger partial charge >= 0.3 is 0 Å². The zero-order valence-corrected chi connectivity index (χ0v) is 21.7. The Bertz CT molecular complexity index is 1120. The summed E-state index contributed by atoms with van der Waals surface area (Å²) in [4.78, 5) is 11.9. The number of carbonyl (C=O) groups is 1. The Balaban J connectivity index is 1.72. The first kappa shape index (κ1) is 29.0. The predicted molar refractivity (Wildman–Crippen MR) is 142 cm³/mol. The molecule has 0 bridgehead atoms. The van der Waals surface area contributed by atoms with Crippen molar-refractivity contribution in [2.45, 2.75) is 65.1 Å². The van der Waals surface area contributed by atoms with Crippen molar-refractivity contribution in [2.24, 2.45) is 0 Å². The highest BCUT2D eigenvalue weighted by Gasteiger charge is 2.22. The zero-order valence-electron chi connectivity index (χ0n) is 20.9. The maximum atomic E-state index is 13.1. The lowest BCUT2D eigenvalue weighted by Gasteiger charge is -2.13. The van der Waals surface area contributed by atoms with Crippen LogP contribution in [0, 0.1) is 0 Å². The van der Waals surface area contributed by atoms with Gasteiger partial charge in [0.15, 0.2) is 13.7 Å². The van der Waals surface area contributed by atoms with Gasteiger partial charge in [0.2, 0.25) is 16.9 Å². The van der Waals surface area contributed by atoms with Crippen molar-refractivity contribution in [3.63, 3.8) is 0 Å². The fourth-order valence-corrected chi connectivity index (χ4v) is 3.84. The van der Waals surface area contributed by atoms with Crippen LogP contribution in [-0.4, -0.2) is 40.0 Å². The molecule has 2 rings (SSSR count). The average molecular weight is 512 g/mol. The Morgan fingerprint density at radius 3 is 2.44 bits per heavy atom. The summed E-state index contributed by atoms with van der Waals surface area (Å²) < 4.78 is 26.2. The second kappa shape index (κ2) is 13.8. The third kappa shape index (κ3) is 10.6. The van der Waals surface area contributed by atoms with Crippen LogP contribution in [0.25, 0.3) is 0 Å². The van der Waals surface area contributed by atoms with Crippen LogP contribution in [0.1, 0.15) is 57.2 Å². The quantitative estimate of drug-likeness (QED) is 0.145. The zero-order chi connectivity index (χ0) is 26.7. The number of carbonyl (C=O) groups excluding carboxylic acids is 1. The summed E-state index contributed by atoms with van der Waals surface area (Å²) >= 11 is 1.41. The van der Waals surface area contributed by atoms with E-state index in [1.54, 1.807) is 6.07 Å². The van der Waals surface area contributed by atoms with Gasteiger partial charge in [-0.3, -0.25) is 4.79 Å². The van der Waals surface area contributed by atoms with E-state index in [4.69, 9.17) is 7.85 Å². The molecule has 2 heterocycles. The molecule has 0 saturated carbocycles. The standard InChI is InChI=1S/C25H31BF2N6OS/c1-6-16(2)15-22(35)30-21-12-11-20(31-32-21)9-7-8-10-23-33-34-24(36-23)29-19(5)14-17(3)13-18(4)25(26,27)28/h6,11-13H,3,5,7-10,14-15H2,1-2,4H3,(H,29,34)(H,30,32,35)/b16-6+,18-13+. The van der Waals surface area contributed by atoms with Crippen molar-refractivity contribution in [1.29, 1.82) is 0 Å². The van der Waals surface area contributed by atoms with Gasteiger partial charge in [-0.15, -0.1) is 15.3 Å². The molecule has 36 heavy (non-hydrogen) atoms. The van der Waals surface area contributed by atoms with Gasteiger partial charge in [0, 0.05) is 25.0 Å². The summed E-state index contributed by atoms with van der Waals surface area (Å²) in [6.45, 7) is 12.7. The van der Waals surface area contributed by atoms with Crippen LogP contribution in [0.15, 0.2) is 59.9 Å². The van der Waals surface area contributed by atoms with Gasteiger partial charge < -0.3 is 10.6 Å². The minimum Gasteiger partial charge on any atom is -0.334 e. The highest BCUT2D eigenvalue weighted by Crippen LogP contribution is 2.24. The number of nitrogens with one attached hydrogen (secondary N) is 2. The van der Waals surface area contributed by atoms with E-state index in [0.717, 1.165) is 42.0 Å². The molecule has 0 atom stereocenters. The van der Waals surface area contributed by atoms with Crippen LogP contribution in [0.4, 0.5) is 19.7 Å². The fourth-order valence-electron chi connectivity index (χ4n) is 3.01. The highest BCUT2D eigenvalue weighted by molar-refractivity contribution is 7.15. The fraction of sp³-hybridized carbons (Fsp3) is 0.400. The molecular formula is C25H31BF2N6OS. The number of hydrogen-bond acceptors (Lipinski definition) is 7. The Morgan fingerprint density at radius 1 is 1.08 bits per heavy atom. The lowest BCUT2D eigenvalue weighted by atomic mass is 9.90. The molecular weight excluding hydrogens is 481 g/mol. The SMILES string of the molecule is [B]C(F)(F)/C(C)=C/C(=C)CC(=C)Nc1nnc(CCCCc2ccc(NC(=O)C/C(C)=C/C)nn2)s1. The second-order valence-electron chi connectivity index (χ2n) is 8.49. The van der Waals surface area contributed by atoms with Crippen LogP contribution < -0.4 is 10.6 Å². The van der Waals surface area contributed by atoms with Crippen molar-refractivity contribution in [3.8, 4) is 0 Å². The van der Waals surface area contributed by atoms with Gasteiger partial charge in [-0.25, -0.2) is 8.78 Å². The number of hydrogen-bond donors (Lipinski definition) is 2. The molecule has 2 radical (unpaired) electrons. The summed E-state index contributed by atoms with van der Waals surface area (Å²) in [7, 11) is 4.79. The predicted octanol–water partition coefficient (Wildman–Crippen LogP) is 5.77. The number of aryl methyl sites for hydroxylation is 2. The third-order valence-electron chi connectivity index (χ3n) is 5.13. The minimum atomic E-state index is -3.37. The number of alkyl halides is 2. The van der Waals surface area contributed by atoms with E-state index in [2.05, 4.69) is 44.2 Å². The molecule has 0 aromatic carbocycles. The number of halogens is 2. The summed E-state index contributed by atoms with van der Waals surface area (Å²) in [5, 5.41) is 23.8. The number of unbranched alkanes of at least 4 members (excludes halogenated alkanes) is 1. The Morgan fingerprint density at radius 2 is 1.81 bits per heavy atom. The first-order valence-corrected chi connectivity index (χ1v) is 12.3. The first-order chi connectivity index (χ1) is 17.0. The monoisotopic (exact) mass is 512 g/mol. The molecule has 2 aromatic heterocycles. The van der Waals surface area contributed by atoms with Crippen LogP contribution in [-0.2, 0) is 17.6 Å². The summed E-state index contributed by atoms with van der Waals surface area (Å²) in [6.07, 6.45) is 7.09. The van der Waals surface area contributed by atoms with Gasteiger partial charge in [-0.1, -0.05) is 42.2 Å². The smallest absolute Gasteiger partial charge is 0.229 e. The second-order valence-corrected chi connectivity index (χ2v) is 9.55. The molecule has 2 N–H and O–H groups in total. The maximum Gasteiger partial charge on any atom is 0.229 e. The van der Waals surface area contributed by atoms with Crippen LogP contribution in [0.5, 0.6) is 0 Å². The molecule has 11 heteroatoms. The Labute approximate surface area is 216 Å². The van der Waals surface area contributed by atoms with E-state index in [1.807, 2.05) is 26.0 Å². The van der Waals surface area contributed by atoms with Crippen molar-refractivity contribution >= 4 is 36.0 Å². The average Bonchev–Trinajstić information content (AvgIpc) is 3.23. The molecule has 0 unspecified atom stereocenters. The number of aromatic nitrogens is 4. The largest absolute Gasteiger partial charge is 0.334 e. The molecule has 0 spiro atoms. The molecule has 7 nitrogen and oxygen atoms in total. The lowest BCUT2D eigenvalue weighted by molar-refractivity contribution is -0.115. The molecule has 190 valence electrons. The molecule has 0 fully saturated rings.